The number of hydrogen-bond donors (Lipinski definition) is 0. The van der Waals surface area contributed by atoms with Crippen molar-refractivity contribution in [3.05, 3.63) is 34.4 Å². The summed E-state index contributed by atoms with van der Waals surface area (Å²) in [4.78, 5) is 0. The van der Waals surface area contributed by atoms with Crippen molar-refractivity contribution >= 4 is 0 Å². The Labute approximate surface area is 101 Å². The first-order valence-electron chi connectivity index (χ1n) is 4.52. The third-order valence-electron chi connectivity index (χ3n) is 2.16. The van der Waals surface area contributed by atoms with Crippen LogP contribution in [-0.2, 0) is 18.8 Å². The molecule has 0 radical (unpaired) electrons. The molecule has 1 aromatic rings. The summed E-state index contributed by atoms with van der Waals surface area (Å²) in [7, 11) is 0. The van der Waals surface area contributed by atoms with Crippen molar-refractivity contribution < 1.29 is 35.1 Å². The van der Waals surface area contributed by atoms with Crippen LogP contribution < -0.4 is 0 Å². The number of halogens is 8. The molecule has 0 spiro atoms. The van der Waals surface area contributed by atoms with E-state index in [4.69, 9.17) is 5.26 Å². The van der Waals surface area contributed by atoms with Crippen LogP contribution in [-0.4, -0.2) is 0 Å². The number of nitriles is 1. The lowest BCUT2D eigenvalue weighted by atomic mass is 9.96. The van der Waals surface area contributed by atoms with Gasteiger partial charge in [-0.2, -0.15) is 31.6 Å². The van der Waals surface area contributed by atoms with E-state index in [1.807, 2.05) is 0 Å². The van der Waals surface area contributed by atoms with Gasteiger partial charge in [0.2, 0.25) is 0 Å². The minimum absolute atomic E-state index is 0.494. The van der Waals surface area contributed by atoms with E-state index in [-0.39, 0.29) is 0 Å². The number of nitrogens with zero attached hydrogens (tertiary/aromatic N) is 1. The molecule has 0 unspecified atom stereocenters. The fraction of sp³-hybridized carbons (Fsp3) is 0.300. The lowest BCUT2D eigenvalue weighted by Crippen LogP contribution is -2.20. The van der Waals surface area contributed by atoms with Gasteiger partial charge in [0.15, 0.2) is 0 Å². The maximum Gasteiger partial charge on any atom is 0.419 e. The van der Waals surface area contributed by atoms with Crippen LogP contribution in [0.25, 0.3) is 0 Å². The van der Waals surface area contributed by atoms with Gasteiger partial charge in [-0.25, -0.2) is 8.78 Å². The highest BCUT2D eigenvalue weighted by Crippen LogP contribution is 2.42. The van der Waals surface area contributed by atoms with Gasteiger partial charge >= 0.3 is 12.4 Å². The molecule has 9 heteroatoms. The molecule has 1 nitrogen and oxygen atoms in total. The van der Waals surface area contributed by atoms with Crippen molar-refractivity contribution in [3.8, 4) is 6.07 Å². The number of benzene rings is 1. The van der Waals surface area contributed by atoms with Gasteiger partial charge in [0.1, 0.15) is 11.6 Å². The zero-order valence-electron chi connectivity index (χ0n) is 8.76. The number of alkyl halides is 6. The summed E-state index contributed by atoms with van der Waals surface area (Å²) >= 11 is 0. The Bertz CT molecular complexity index is 496. The highest BCUT2D eigenvalue weighted by atomic mass is 19.4. The van der Waals surface area contributed by atoms with Crippen molar-refractivity contribution in [2.75, 3.05) is 0 Å². The average molecular weight is 289 g/mol. The average Bonchev–Trinajstić information content (AvgIpc) is 2.11. The minimum Gasteiger partial charge on any atom is -0.206 e. The quantitative estimate of drug-likeness (QED) is 0.715. The first-order valence-corrected chi connectivity index (χ1v) is 4.52. The SMILES string of the molecule is N#CCc1c(C(F)(F)F)c(F)cc(F)c1C(F)(F)F. The molecule has 0 heterocycles. The molecule has 0 atom stereocenters. The molecule has 0 saturated heterocycles. The zero-order chi connectivity index (χ0) is 15.0. The number of rotatable bonds is 1. The second-order valence-electron chi connectivity index (χ2n) is 3.40. The van der Waals surface area contributed by atoms with Crippen molar-refractivity contribution in [3.63, 3.8) is 0 Å². The van der Waals surface area contributed by atoms with Gasteiger partial charge in [-0.3, -0.25) is 0 Å². The Kier molecular flexibility index (Phi) is 3.74. The molecule has 0 bridgehead atoms. The first-order chi connectivity index (χ1) is 8.50. The molecule has 0 aromatic heterocycles. The topological polar surface area (TPSA) is 23.8 Å². The fourth-order valence-electron chi connectivity index (χ4n) is 1.54. The van der Waals surface area contributed by atoms with Crippen LogP contribution in [0.3, 0.4) is 0 Å². The Morgan fingerprint density at radius 1 is 0.895 bits per heavy atom. The summed E-state index contributed by atoms with van der Waals surface area (Å²) in [6, 6.07) is 0.537. The lowest BCUT2D eigenvalue weighted by molar-refractivity contribution is -0.147. The summed E-state index contributed by atoms with van der Waals surface area (Å²) in [5.74, 6) is -4.38. The van der Waals surface area contributed by atoms with E-state index in [0.717, 1.165) is 6.07 Å². The monoisotopic (exact) mass is 289 g/mol. The van der Waals surface area contributed by atoms with Crippen LogP contribution in [0, 0.1) is 23.0 Å². The van der Waals surface area contributed by atoms with E-state index in [0.29, 0.717) is 0 Å². The Morgan fingerprint density at radius 3 is 1.53 bits per heavy atom. The predicted octanol–water partition coefficient (Wildman–Crippen LogP) is 4.07. The summed E-state index contributed by atoms with van der Waals surface area (Å²) in [5, 5.41) is 8.25. The molecule has 0 fully saturated rings. The van der Waals surface area contributed by atoms with E-state index in [1.54, 1.807) is 0 Å². The molecule has 0 aliphatic heterocycles. The summed E-state index contributed by atoms with van der Waals surface area (Å²) in [5.41, 5.74) is -6.30. The largest absolute Gasteiger partial charge is 0.419 e. The highest BCUT2D eigenvalue weighted by molar-refractivity contribution is 5.42. The molecule has 0 amide bonds. The predicted molar refractivity (Wildman–Crippen MR) is 45.7 cm³/mol. The maximum absolute atomic E-state index is 13.1. The van der Waals surface area contributed by atoms with Gasteiger partial charge in [0.25, 0.3) is 0 Å². The van der Waals surface area contributed by atoms with Gasteiger partial charge in [-0.05, 0) is 5.56 Å². The molecule has 0 aliphatic carbocycles. The molecule has 0 N–H and O–H groups in total. The first kappa shape index (κ1) is 15.2. The molecular weight excluding hydrogens is 286 g/mol. The summed E-state index contributed by atoms with van der Waals surface area (Å²) in [6.45, 7) is 0. The van der Waals surface area contributed by atoms with Crippen LogP contribution in [0.4, 0.5) is 35.1 Å². The lowest BCUT2D eigenvalue weighted by Gasteiger charge is -2.18. The van der Waals surface area contributed by atoms with Gasteiger partial charge in [-0.1, -0.05) is 0 Å². The van der Waals surface area contributed by atoms with Crippen LogP contribution >= 0.6 is 0 Å². The van der Waals surface area contributed by atoms with E-state index in [9.17, 15) is 35.1 Å². The molecule has 1 rings (SSSR count). The van der Waals surface area contributed by atoms with Gasteiger partial charge in [0, 0.05) is 6.07 Å². The molecule has 104 valence electrons. The van der Waals surface area contributed by atoms with Gasteiger partial charge < -0.3 is 0 Å². The molecule has 1 aromatic carbocycles. The standard InChI is InChI=1S/C10H3F8N/c11-5-3-6(12)8(10(16,17)18)4(1-2-19)7(5)9(13,14)15/h3H,1H2. The van der Waals surface area contributed by atoms with Crippen molar-refractivity contribution in [1.29, 1.82) is 5.26 Å². The van der Waals surface area contributed by atoms with Gasteiger partial charge in [-0.15, -0.1) is 0 Å². The van der Waals surface area contributed by atoms with Crippen molar-refractivity contribution in [2.24, 2.45) is 0 Å². The molecular formula is C10H3F8N. The van der Waals surface area contributed by atoms with E-state index >= 15 is 0 Å². The third kappa shape index (κ3) is 2.94. The van der Waals surface area contributed by atoms with Crippen LogP contribution in [0.5, 0.6) is 0 Å². The van der Waals surface area contributed by atoms with Crippen LogP contribution in [0.15, 0.2) is 6.07 Å². The van der Waals surface area contributed by atoms with E-state index < -0.39 is 53.2 Å². The van der Waals surface area contributed by atoms with Crippen LogP contribution in [0.2, 0.25) is 0 Å². The summed E-state index contributed by atoms with van der Waals surface area (Å²) < 4.78 is 101. The van der Waals surface area contributed by atoms with Crippen molar-refractivity contribution in [1.82, 2.24) is 0 Å². The normalized spacial score (nSPS) is 12.4. The number of hydrogen-bond acceptors (Lipinski definition) is 1. The summed E-state index contributed by atoms with van der Waals surface area (Å²) in [6.07, 6.45) is -12.4. The van der Waals surface area contributed by atoms with Crippen molar-refractivity contribution in [2.45, 2.75) is 18.8 Å². The minimum atomic E-state index is -5.47. The van der Waals surface area contributed by atoms with E-state index in [1.165, 1.54) is 0 Å². The fourth-order valence-corrected chi connectivity index (χ4v) is 1.54. The molecule has 0 saturated carbocycles. The molecule has 19 heavy (non-hydrogen) atoms. The molecule has 0 aliphatic rings. The second kappa shape index (κ2) is 4.68. The zero-order valence-corrected chi connectivity index (χ0v) is 8.76. The third-order valence-corrected chi connectivity index (χ3v) is 2.16. The highest BCUT2D eigenvalue weighted by Gasteiger charge is 2.45. The van der Waals surface area contributed by atoms with E-state index in [2.05, 4.69) is 0 Å². The Morgan fingerprint density at radius 2 is 1.26 bits per heavy atom. The Balaban J connectivity index is 3.80. The maximum atomic E-state index is 13.1. The van der Waals surface area contributed by atoms with Crippen LogP contribution in [0.1, 0.15) is 16.7 Å². The Hall–Kier alpha value is -1.85. The second-order valence-corrected chi connectivity index (χ2v) is 3.40. The van der Waals surface area contributed by atoms with Gasteiger partial charge in [0.05, 0.1) is 23.6 Å². The smallest absolute Gasteiger partial charge is 0.206 e.